The fourth-order valence-electron chi connectivity index (χ4n) is 8.59. The van der Waals surface area contributed by atoms with Gasteiger partial charge in [-0.1, -0.05) is 130 Å². The molecule has 0 spiro atoms. The number of benzene rings is 7. The molecule has 10 rings (SSSR count). The summed E-state index contributed by atoms with van der Waals surface area (Å²) in [4.78, 5) is 8.95. The molecule has 0 saturated carbocycles. The molecule has 351 valence electrons. The van der Waals surface area contributed by atoms with E-state index in [0.717, 1.165) is 49.9 Å². The third-order valence-corrected chi connectivity index (χ3v) is 12.0. The van der Waals surface area contributed by atoms with Gasteiger partial charge in [-0.25, -0.2) is 4.39 Å². The van der Waals surface area contributed by atoms with Gasteiger partial charge in [-0.3, -0.25) is 4.98 Å². The maximum atomic E-state index is 13.9. The third kappa shape index (κ3) is 9.11. The Morgan fingerprint density at radius 3 is 1.78 bits per heavy atom. The van der Waals surface area contributed by atoms with Crippen LogP contribution in [0.15, 0.2) is 174 Å². The number of aromatic nitrogens is 3. The molecule has 3 heterocycles. The number of alkyl halides is 7. The zero-order valence-electron chi connectivity index (χ0n) is 37.5. The van der Waals surface area contributed by atoms with Crippen molar-refractivity contribution in [1.29, 1.82) is 0 Å². The summed E-state index contributed by atoms with van der Waals surface area (Å²) in [6.07, 6.45) is -11.6. The SMILES string of the molecule is CC(C)c1cc(-c2ccccc2)cc(C(C)C)c1-n1c(-c2[c-]ccc3c2oc2cc(-c4ccccc4)ccc23)nc2ccccc21.FC(F)(F)C(F)(c1ccnc(-c2[c-]cccc2)c1)C(F)(F)F.[Ir]. The molecule has 0 fully saturated rings. The minimum atomic E-state index is -6.15. The molecule has 0 bridgehead atoms. The van der Waals surface area contributed by atoms with Gasteiger partial charge in [0.2, 0.25) is 0 Å². The molecule has 10 aromatic rings. The Bertz CT molecular complexity index is 3360. The second kappa shape index (κ2) is 19.3. The topological polar surface area (TPSA) is 43.9 Å². The number of imidazole rings is 1. The van der Waals surface area contributed by atoms with E-state index in [1.54, 1.807) is 6.07 Å². The molecule has 4 nitrogen and oxygen atoms in total. The van der Waals surface area contributed by atoms with E-state index in [1.165, 1.54) is 51.7 Å². The Morgan fingerprint density at radius 1 is 0.565 bits per heavy atom. The van der Waals surface area contributed by atoms with E-state index in [2.05, 4.69) is 165 Å². The molecule has 0 aliphatic rings. The predicted molar refractivity (Wildman–Crippen MR) is 255 cm³/mol. The van der Waals surface area contributed by atoms with Gasteiger partial charge < -0.3 is 14.0 Å². The van der Waals surface area contributed by atoms with Crippen molar-refractivity contribution in [2.45, 2.75) is 57.6 Å². The van der Waals surface area contributed by atoms with Gasteiger partial charge in [0.25, 0.3) is 0 Å². The first-order valence-electron chi connectivity index (χ1n) is 21.9. The molecule has 3 aromatic heterocycles. The van der Waals surface area contributed by atoms with Gasteiger partial charge in [-0.05, 0) is 87.3 Å². The van der Waals surface area contributed by atoms with E-state index < -0.39 is 23.6 Å². The molecular formula is C57H42F7IrN3O-2. The minimum absolute atomic E-state index is 0. The average molecular weight is 1110 g/mol. The van der Waals surface area contributed by atoms with Crippen LogP contribution >= 0.6 is 0 Å². The Kier molecular flexibility index (Phi) is 13.6. The van der Waals surface area contributed by atoms with Crippen LogP contribution in [0.1, 0.15) is 56.2 Å². The van der Waals surface area contributed by atoms with Gasteiger partial charge in [0.05, 0.1) is 22.4 Å². The first-order chi connectivity index (χ1) is 32.5. The van der Waals surface area contributed by atoms with E-state index in [9.17, 15) is 30.7 Å². The Morgan fingerprint density at radius 2 is 1.17 bits per heavy atom. The van der Waals surface area contributed by atoms with Crippen LogP contribution in [0.3, 0.4) is 0 Å². The molecule has 0 N–H and O–H groups in total. The summed E-state index contributed by atoms with van der Waals surface area (Å²) in [5.74, 6) is 1.41. The van der Waals surface area contributed by atoms with Gasteiger partial charge in [0.1, 0.15) is 5.58 Å². The van der Waals surface area contributed by atoms with Gasteiger partial charge in [-0.15, -0.1) is 54.1 Å². The Hall–Kier alpha value is -6.88. The van der Waals surface area contributed by atoms with Crippen molar-refractivity contribution in [2.75, 3.05) is 0 Å². The number of hydrogen-bond donors (Lipinski definition) is 0. The number of hydrogen-bond acceptors (Lipinski definition) is 3. The molecule has 1 radical (unpaired) electrons. The van der Waals surface area contributed by atoms with Crippen LogP contribution in [-0.4, -0.2) is 26.9 Å². The van der Waals surface area contributed by atoms with Crippen LogP contribution in [0.2, 0.25) is 0 Å². The van der Waals surface area contributed by atoms with E-state index in [4.69, 9.17) is 9.40 Å². The summed E-state index contributed by atoms with van der Waals surface area (Å²) in [5, 5.41) is 2.15. The number of halogens is 7. The number of nitrogens with zero attached hydrogens (tertiary/aromatic N) is 3. The molecule has 69 heavy (non-hydrogen) atoms. The summed E-state index contributed by atoms with van der Waals surface area (Å²) in [5.41, 5.74) is 5.95. The zero-order valence-corrected chi connectivity index (χ0v) is 39.9. The van der Waals surface area contributed by atoms with Crippen molar-refractivity contribution in [3.63, 3.8) is 0 Å². The molecule has 0 aliphatic carbocycles. The first kappa shape index (κ1) is 48.6. The monoisotopic (exact) mass is 1110 g/mol. The van der Waals surface area contributed by atoms with Crippen LogP contribution in [0.25, 0.3) is 83.6 Å². The van der Waals surface area contributed by atoms with Crippen molar-refractivity contribution in [3.05, 3.63) is 199 Å². The number of para-hydroxylation sites is 2. The number of rotatable bonds is 8. The van der Waals surface area contributed by atoms with Crippen LogP contribution in [0, 0.1) is 12.1 Å². The predicted octanol–water partition coefficient (Wildman–Crippen LogP) is 16.8. The number of pyridine rings is 1. The summed E-state index contributed by atoms with van der Waals surface area (Å²) in [6, 6.07) is 57.7. The van der Waals surface area contributed by atoms with Crippen LogP contribution in [0.5, 0.6) is 0 Å². The fraction of sp³-hybridized carbons (Fsp3) is 0.158. The molecule has 0 saturated heterocycles. The van der Waals surface area contributed by atoms with Gasteiger partial charge in [0, 0.05) is 42.9 Å². The molecule has 0 aliphatic heterocycles. The largest absolute Gasteiger partial charge is 0.501 e. The second-order valence-corrected chi connectivity index (χ2v) is 17.1. The first-order valence-corrected chi connectivity index (χ1v) is 21.9. The molecular weight excluding hydrogens is 1070 g/mol. The molecule has 0 atom stereocenters. The van der Waals surface area contributed by atoms with E-state index in [1.807, 2.05) is 12.1 Å². The van der Waals surface area contributed by atoms with Crippen molar-refractivity contribution in [3.8, 4) is 50.6 Å². The van der Waals surface area contributed by atoms with E-state index in [-0.39, 0.29) is 43.2 Å². The maximum Gasteiger partial charge on any atom is 0.435 e. The Balaban J connectivity index is 0.000000236. The number of fused-ring (bicyclic) bond motifs is 4. The maximum absolute atomic E-state index is 13.9. The van der Waals surface area contributed by atoms with Crippen molar-refractivity contribution in [1.82, 2.24) is 14.5 Å². The standard InChI is InChI=1S/C43H35N2O.C14H7F7N.Ir/c1-27(2)36-24-32(30-16-9-6-10-17-30)25-37(28(3)4)41(36)45-39-21-12-11-20-38(39)44-43(45)35-19-13-18-34-33-23-22-31(26-40(33)46-42(34)35)29-14-7-5-8-15-29;15-12(13(16,17)18,14(19,20)21)10-6-7-22-11(8-10)9-4-2-1-3-5-9;/h5-18,20-28H,1-4H3;1-4,6-8H;/q2*-1;. The average Bonchev–Trinajstić information content (AvgIpc) is 3.92. The molecule has 7 aromatic carbocycles. The van der Waals surface area contributed by atoms with Gasteiger partial charge >= 0.3 is 18.0 Å². The molecule has 12 heteroatoms. The zero-order chi connectivity index (χ0) is 48.0. The van der Waals surface area contributed by atoms with Crippen LogP contribution < -0.4 is 0 Å². The molecule has 0 unspecified atom stereocenters. The van der Waals surface area contributed by atoms with E-state index >= 15 is 0 Å². The summed E-state index contributed by atoms with van der Waals surface area (Å²) in [6.45, 7) is 9.14. The fourth-order valence-corrected chi connectivity index (χ4v) is 8.59. The molecule has 0 amide bonds. The second-order valence-electron chi connectivity index (χ2n) is 17.1. The van der Waals surface area contributed by atoms with Gasteiger partial charge in [-0.2, -0.15) is 26.3 Å². The van der Waals surface area contributed by atoms with E-state index in [0.29, 0.717) is 18.3 Å². The smallest absolute Gasteiger partial charge is 0.435 e. The van der Waals surface area contributed by atoms with Crippen molar-refractivity contribution in [2.24, 2.45) is 0 Å². The van der Waals surface area contributed by atoms with Gasteiger partial charge in [0.15, 0.2) is 0 Å². The minimum Gasteiger partial charge on any atom is -0.501 e. The van der Waals surface area contributed by atoms with Crippen molar-refractivity contribution >= 4 is 33.0 Å². The normalized spacial score (nSPS) is 12.1. The summed E-state index contributed by atoms with van der Waals surface area (Å²) < 4.78 is 99.2. The Labute approximate surface area is 407 Å². The summed E-state index contributed by atoms with van der Waals surface area (Å²) in [7, 11) is 0. The van der Waals surface area contributed by atoms with Crippen LogP contribution in [-0.2, 0) is 25.8 Å². The van der Waals surface area contributed by atoms with Crippen LogP contribution in [0.4, 0.5) is 30.7 Å². The summed E-state index contributed by atoms with van der Waals surface area (Å²) >= 11 is 0. The number of furan rings is 1. The van der Waals surface area contributed by atoms with Crippen molar-refractivity contribution < 1.29 is 55.3 Å². The third-order valence-electron chi connectivity index (χ3n) is 12.0. The quantitative estimate of drug-likeness (QED) is 0.112.